The van der Waals surface area contributed by atoms with Crippen LogP contribution in [0.15, 0.2) is 54.9 Å². The fraction of sp³-hybridized carbons (Fsp3) is 0.321. The van der Waals surface area contributed by atoms with Crippen molar-refractivity contribution < 1.29 is 13.6 Å². The molecule has 0 aliphatic carbocycles. The number of anilines is 3. The summed E-state index contributed by atoms with van der Waals surface area (Å²) in [6.45, 7) is 4.32. The molecule has 0 spiro atoms. The summed E-state index contributed by atoms with van der Waals surface area (Å²) in [7, 11) is 2.10. The molecule has 2 aliphatic heterocycles. The van der Waals surface area contributed by atoms with E-state index in [9.17, 15) is 13.6 Å². The molecule has 0 unspecified atom stereocenters. The van der Waals surface area contributed by atoms with Crippen molar-refractivity contribution in [2.24, 2.45) is 0 Å². The maximum Gasteiger partial charge on any atom is 0.255 e. The van der Waals surface area contributed by atoms with E-state index in [0.717, 1.165) is 50.4 Å². The number of nitrogens with one attached hydrogen (secondary N) is 1. The van der Waals surface area contributed by atoms with Crippen LogP contribution in [0.4, 0.5) is 26.0 Å². The first-order valence-corrected chi connectivity index (χ1v) is 13.4. The molecule has 202 valence electrons. The number of fused-ring (bicyclic) bond motifs is 1. The van der Waals surface area contributed by atoms with E-state index in [4.69, 9.17) is 16.6 Å². The van der Waals surface area contributed by atoms with Gasteiger partial charge in [0.1, 0.15) is 23.1 Å². The quantitative estimate of drug-likeness (QED) is 0.376. The molecule has 8 nitrogen and oxygen atoms in total. The fourth-order valence-corrected chi connectivity index (χ4v) is 5.69. The van der Waals surface area contributed by atoms with Gasteiger partial charge in [-0.2, -0.15) is 5.10 Å². The Kier molecular flexibility index (Phi) is 6.82. The molecule has 1 amide bonds. The summed E-state index contributed by atoms with van der Waals surface area (Å²) in [5, 5.41) is 7.73. The van der Waals surface area contributed by atoms with E-state index in [0.29, 0.717) is 46.3 Å². The fourth-order valence-electron chi connectivity index (χ4n) is 5.39. The van der Waals surface area contributed by atoms with Crippen LogP contribution in [0.2, 0.25) is 5.02 Å². The molecule has 0 saturated carbocycles. The first-order valence-electron chi connectivity index (χ1n) is 13.0. The van der Waals surface area contributed by atoms with Crippen LogP contribution in [-0.4, -0.2) is 65.2 Å². The van der Waals surface area contributed by atoms with Gasteiger partial charge in [-0.05, 0) is 62.4 Å². The number of likely N-dealkylation sites (N-methyl/N-ethyl adjacent to an activating group) is 1. The van der Waals surface area contributed by atoms with Crippen molar-refractivity contribution in [1.29, 1.82) is 0 Å². The van der Waals surface area contributed by atoms with Gasteiger partial charge in [-0.3, -0.25) is 4.79 Å². The molecule has 1 N–H and O–H groups in total. The molecule has 4 heterocycles. The van der Waals surface area contributed by atoms with E-state index in [1.54, 1.807) is 28.9 Å². The average Bonchev–Trinajstić information content (AvgIpc) is 3.58. The summed E-state index contributed by atoms with van der Waals surface area (Å²) in [5.74, 6) is -0.642. The largest absolute Gasteiger partial charge is 0.368 e. The molecular weight excluding hydrogens is 524 g/mol. The van der Waals surface area contributed by atoms with Crippen LogP contribution < -0.4 is 15.1 Å². The lowest BCUT2D eigenvalue weighted by molar-refractivity contribution is 0.102. The molecule has 4 aromatic rings. The van der Waals surface area contributed by atoms with Crippen LogP contribution >= 0.6 is 11.6 Å². The van der Waals surface area contributed by atoms with Crippen LogP contribution in [0.25, 0.3) is 5.65 Å². The summed E-state index contributed by atoms with van der Waals surface area (Å²) in [5.41, 5.74) is 2.54. The molecule has 11 heteroatoms. The maximum atomic E-state index is 14.6. The SMILES string of the molecule is CN1CCN(c2ccc(C(=O)Nc3cnn4ccc(N5CCC[C@@H]5c5cc(F)ccc5F)nc34)cc2Cl)CC1. The zero-order chi connectivity index (χ0) is 27.1. The molecule has 2 aromatic carbocycles. The molecule has 2 fully saturated rings. The lowest BCUT2D eigenvalue weighted by Gasteiger charge is -2.34. The molecule has 0 radical (unpaired) electrons. The Morgan fingerprint density at radius 3 is 2.67 bits per heavy atom. The van der Waals surface area contributed by atoms with E-state index in [1.807, 2.05) is 11.0 Å². The highest BCUT2D eigenvalue weighted by molar-refractivity contribution is 6.33. The number of piperazine rings is 1. The number of amides is 1. The topological polar surface area (TPSA) is 69.0 Å². The lowest BCUT2D eigenvalue weighted by atomic mass is 10.0. The zero-order valence-electron chi connectivity index (χ0n) is 21.4. The molecule has 1 atom stereocenters. The standard InChI is InChI=1S/C28H28ClF2N7O/c1-35-11-13-36(14-12-35)25-7-4-18(15-21(25)29)28(39)33-23-17-32-38-10-8-26(34-27(23)38)37-9-2-3-24(37)20-16-19(30)5-6-22(20)31/h4-8,10,15-17,24H,2-3,9,11-14H2,1H3,(H,33,39)/t24-/m1/s1. The van der Waals surface area contributed by atoms with E-state index in [1.165, 1.54) is 12.3 Å². The van der Waals surface area contributed by atoms with Gasteiger partial charge in [-0.25, -0.2) is 18.3 Å². The van der Waals surface area contributed by atoms with Crippen LogP contribution in [0, 0.1) is 11.6 Å². The van der Waals surface area contributed by atoms with Gasteiger partial charge in [0.25, 0.3) is 5.91 Å². The van der Waals surface area contributed by atoms with Crippen molar-refractivity contribution in [3.8, 4) is 0 Å². The number of nitrogens with zero attached hydrogens (tertiary/aromatic N) is 6. The predicted octanol–water partition coefficient (Wildman–Crippen LogP) is 5.01. The van der Waals surface area contributed by atoms with Crippen molar-refractivity contribution in [3.63, 3.8) is 0 Å². The van der Waals surface area contributed by atoms with Crippen LogP contribution in [0.5, 0.6) is 0 Å². The van der Waals surface area contributed by atoms with E-state index < -0.39 is 11.6 Å². The van der Waals surface area contributed by atoms with Gasteiger partial charge < -0.3 is 20.0 Å². The summed E-state index contributed by atoms with van der Waals surface area (Å²) in [6.07, 6.45) is 4.78. The maximum absolute atomic E-state index is 14.6. The van der Waals surface area contributed by atoms with Gasteiger partial charge in [0.15, 0.2) is 5.65 Å². The number of hydrogen-bond donors (Lipinski definition) is 1. The second-order valence-electron chi connectivity index (χ2n) is 10.0. The first-order chi connectivity index (χ1) is 18.9. The Morgan fingerprint density at radius 1 is 1.05 bits per heavy atom. The minimum absolute atomic E-state index is 0.313. The van der Waals surface area contributed by atoms with Gasteiger partial charge >= 0.3 is 0 Å². The van der Waals surface area contributed by atoms with Gasteiger partial charge in [0, 0.05) is 50.0 Å². The number of carbonyl (C=O) groups is 1. The number of carbonyl (C=O) groups excluding carboxylic acids is 1. The van der Waals surface area contributed by atoms with E-state index in [2.05, 4.69) is 27.3 Å². The molecule has 6 rings (SSSR count). The molecule has 2 aromatic heterocycles. The molecule has 2 saturated heterocycles. The number of aromatic nitrogens is 3. The average molecular weight is 552 g/mol. The molecule has 39 heavy (non-hydrogen) atoms. The highest BCUT2D eigenvalue weighted by atomic mass is 35.5. The van der Waals surface area contributed by atoms with Gasteiger partial charge in [0.2, 0.25) is 0 Å². The lowest BCUT2D eigenvalue weighted by Crippen LogP contribution is -2.44. The Morgan fingerprint density at radius 2 is 1.87 bits per heavy atom. The Bertz CT molecular complexity index is 1540. The summed E-state index contributed by atoms with van der Waals surface area (Å²) in [6, 6.07) is 10.3. The van der Waals surface area contributed by atoms with Gasteiger partial charge in [-0.15, -0.1) is 0 Å². The van der Waals surface area contributed by atoms with Crippen molar-refractivity contribution >= 4 is 40.3 Å². The zero-order valence-corrected chi connectivity index (χ0v) is 22.2. The van der Waals surface area contributed by atoms with Crippen LogP contribution in [0.1, 0.15) is 34.8 Å². The Hall–Kier alpha value is -3.76. The Labute approximate surface area is 229 Å². The summed E-state index contributed by atoms with van der Waals surface area (Å²) < 4.78 is 30.0. The predicted molar refractivity (Wildman–Crippen MR) is 148 cm³/mol. The molecule has 2 aliphatic rings. The van der Waals surface area contributed by atoms with Gasteiger partial charge in [0.05, 0.1) is 22.9 Å². The van der Waals surface area contributed by atoms with Crippen LogP contribution in [-0.2, 0) is 0 Å². The third kappa shape index (κ3) is 5.02. The first kappa shape index (κ1) is 25.5. The minimum Gasteiger partial charge on any atom is -0.368 e. The third-order valence-electron chi connectivity index (χ3n) is 7.52. The number of benzene rings is 2. The van der Waals surface area contributed by atoms with Crippen molar-refractivity contribution in [3.05, 3.63) is 82.6 Å². The highest BCUT2D eigenvalue weighted by Crippen LogP contribution is 2.37. The highest BCUT2D eigenvalue weighted by Gasteiger charge is 2.30. The normalized spacial score (nSPS) is 18.2. The summed E-state index contributed by atoms with van der Waals surface area (Å²) >= 11 is 6.58. The van der Waals surface area contributed by atoms with Crippen molar-refractivity contribution in [2.75, 3.05) is 54.9 Å². The third-order valence-corrected chi connectivity index (χ3v) is 7.82. The van der Waals surface area contributed by atoms with Crippen molar-refractivity contribution in [1.82, 2.24) is 19.5 Å². The summed E-state index contributed by atoms with van der Waals surface area (Å²) in [4.78, 5) is 24.4. The van der Waals surface area contributed by atoms with Crippen molar-refractivity contribution in [2.45, 2.75) is 18.9 Å². The van der Waals surface area contributed by atoms with Gasteiger partial charge in [-0.1, -0.05) is 11.6 Å². The monoisotopic (exact) mass is 551 g/mol. The van der Waals surface area contributed by atoms with E-state index >= 15 is 0 Å². The number of hydrogen-bond acceptors (Lipinski definition) is 6. The second-order valence-corrected chi connectivity index (χ2v) is 10.4. The second kappa shape index (κ2) is 10.4. The molecule has 0 bridgehead atoms. The smallest absolute Gasteiger partial charge is 0.255 e. The minimum atomic E-state index is -0.473. The Balaban J connectivity index is 1.23. The van der Waals surface area contributed by atoms with Crippen LogP contribution in [0.3, 0.4) is 0 Å². The number of rotatable bonds is 5. The van der Waals surface area contributed by atoms with E-state index in [-0.39, 0.29) is 11.9 Å². The molecular formula is C28H28ClF2N7O. The number of halogens is 3.